The number of rotatable bonds is 1. The van der Waals surface area contributed by atoms with Crippen LogP contribution in [-0.4, -0.2) is 30.9 Å². The highest BCUT2D eigenvalue weighted by Crippen LogP contribution is 2.24. The van der Waals surface area contributed by atoms with Crippen LogP contribution >= 0.6 is 0 Å². The molecule has 1 aliphatic carbocycles. The maximum atomic E-state index is 10.8. The molecule has 0 fully saturated rings. The Bertz CT molecular complexity index is 370. The Morgan fingerprint density at radius 2 is 2.19 bits per heavy atom. The lowest BCUT2D eigenvalue weighted by molar-refractivity contribution is -0.144. The summed E-state index contributed by atoms with van der Waals surface area (Å²) in [6, 6.07) is 0. The molecular weight excluding hydrogens is 220 g/mol. The van der Waals surface area contributed by atoms with E-state index in [1.54, 1.807) is 12.2 Å². The highest BCUT2D eigenvalue weighted by atomic mass is 28.3. The van der Waals surface area contributed by atoms with Crippen LogP contribution in [0.2, 0.25) is 19.6 Å². The quantitative estimate of drug-likeness (QED) is 0.326. The third-order valence-electron chi connectivity index (χ3n) is 2.07. The average Bonchev–Trinajstić information content (AvgIpc) is 2.43. The maximum absolute atomic E-state index is 10.8. The molecule has 0 bridgehead atoms. The van der Waals surface area contributed by atoms with Gasteiger partial charge in [-0.1, -0.05) is 25.6 Å². The van der Waals surface area contributed by atoms with E-state index < -0.39 is 13.7 Å². The van der Waals surface area contributed by atoms with Crippen LogP contribution in [0.5, 0.6) is 0 Å². The minimum absolute atomic E-state index is 0.336. The molecule has 3 nitrogen and oxygen atoms in total. The summed E-state index contributed by atoms with van der Waals surface area (Å²) < 4.78 is 5.00. The van der Waals surface area contributed by atoms with Gasteiger partial charge in [0.25, 0.3) is 0 Å². The van der Waals surface area contributed by atoms with Crippen molar-refractivity contribution in [1.29, 1.82) is 0 Å². The van der Waals surface area contributed by atoms with Crippen LogP contribution in [0.4, 0.5) is 0 Å². The van der Waals surface area contributed by atoms with Crippen LogP contribution in [0.1, 0.15) is 13.3 Å². The highest BCUT2D eigenvalue weighted by Gasteiger charge is 2.32. The first-order valence-electron chi connectivity index (χ1n) is 5.33. The Labute approximate surface area is 97.5 Å². The molecule has 88 valence electrons. The molecule has 0 unspecified atom stereocenters. The minimum atomic E-state index is -1.49. The summed E-state index contributed by atoms with van der Waals surface area (Å²) in [4.78, 5) is 10.8. The Morgan fingerprint density at radius 3 is 2.69 bits per heavy atom. The molecule has 0 saturated heterocycles. The van der Waals surface area contributed by atoms with Crippen molar-refractivity contribution in [3.05, 3.63) is 12.2 Å². The number of ether oxygens (including phenoxy) is 1. The molecule has 4 heteroatoms. The van der Waals surface area contributed by atoms with Gasteiger partial charge in [0.15, 0.2) is 0 Å². The van der Waals surface area contributed by atoms with Gasteiger partial charge in [-0.3, -0.25) is 4.79 Å². The van der Waals surface area contributed by atoms with Gasteiger partial charge in [-0.2, -0.15) is 0 Å². The van der Waals surface area contributed by atoms with E-state index in [0.29, 0.717) is 6.42 Å². The SMILES string of the molecule is CC(=O)O[C@H]1C=C[C@](O)(C#C[Si](C)(C)C)C1. The maximum Gasteiger partial charge on any atom is 0.303 e. The van der Waals surface area contributed by atoms with Crippen molar-refractivity contribution in [1.82, 2.24) is 0 Å². The molecule has 16 heavy (non-hydrogen) atoms. The lowest BCUT2D eigenvalue weighted by atomic mass is 10.1. The molecule has 0 aromatic carbocycles. The van der Waals surface area contributed by atoms with Gasteiger partial charge in [0.2, 0.25) is 0 Å². The normalized spacial score (nSPS) is 28.4. The minimum Gasteiger partial charge on any atom is -0.458 e. The zero-order valence-electron chi connectivity index (χ0n) is 10.2. The fourth-order valence-corrected chi connectivity index (χ4v) is 1.98. The summed E-state index contributed by atoms with van der Waals surface area (Å²) in [6.45, 7) is 7.71. The van der Waals surface area contributed by atoms with Crippen molar-refractivity contribution in [3.8, 4) is 11.5 Å². The molecule has 1 N–H and O–H groups in total. The molecule has 0 spiro atoms. The third-order valence-corrected chi connectivity index (χ3v) is 2.95. The summed E-state index contributed by atoms with van der Waals surface area (Å²) in [5.41, 5.74) is 2.00. The number of carbonyl (C=O) groups excluding carboxylic acids is 1. The second kappa shape index (κ2) is 4.44. The zero-order valence-corrected chi connectivity index (χ0v) is 11.2. The number of aliphatic hydroxyl groups is 1. The Balaban J connectivity index is 2.66. The van der Waals surface area contributed by atoms with Gasteiger partial charge in [0, 0.05) is 13.3 Å². The fourth-order valence-electron chi connectivity index (χ4n) is 1.39. The molecule has 0 aliphatic heterocycles. The zero-order chi connectivity index (χ0) is 12.4. The predicted octanol–water partition coefficient (Wildman–Crippen LogP) is 1.49. The number of carbonyl (C=O) groups is 1. The Hall–Kier alpha value is -1.05. The molecular formula is C12H18O3Si. The van der Waals surface area contributed by atoms with Crippen LogP contribution in [0.3, 0.4) is 0 Å². The van der Waals surface area contributed by atoms with Crippen LogP contribution in [0.25, 0.3) is 0 Å². The second-order valence-electron chi connectivity index (χ2n) is 5.14. The lowest BCUT2D eigenvalue weighted by Gasteiger charge is -2.16. The van der Waals surface area contributed by atoms with E-state index in [1.165, 1.54) is 6.92 Å². The van der Waals surface area contributed by atoms with Gasteiger partial charge in [-0.15, -0.1) is 5.54 Å². The molecule has 1 aliphatic rings. The smallest absolute Gasteiger partial charge is 0.303 e. The van der Waals surface area contributed by atoms with Crippen LogP contribution in [0, 0.1) is 11.5 Å². The van der Waals surface area contributed by atoms with E-state index in [1.807, 2.05) is 0 Å². The summed E-state index contributed by atoms with van der Waals surface area (Å²) in [7, 11) is -1.49. The van der Waals surface area contributed by atoms with Crippen molar-refractivity contribution in [2.24, 2.45) is 0 Å². The fraction of sp³-hybridized carbons (Fsp3) is 0.583. The number of hydrogen-bond donors (Lipinski definition) is 1. The van der Waals surface area contributed by atoms with Gasteiger partial charge in [0.1, 0.15) is 19.8 Å². The van der Waals surface area contributed by atoms with Gasteiger partial charge < -0.3 is 9.84 Å². The van der Waals surface area contributed by atoms with E-state index in [0.717, 1.165) is 0 Å². The van der Waals surface area contributed by atoms with E-state index in [9.17, 15) is 9.90 Å². The van der Waals surface area contributed by atoms with Gasteiger partial charge in [-0.05, 0) is 12.2 Å². The second-order valence-corrected chi connectivity index (χ2v) is 9.89. The van der Waals surface area contributed by atoms with Gasteiger partial charge >= 0.3 is 5.97 Å². The third kappa shape index (κ3) is 4.21. The molecule has 0 saturated carbocycles. The van der Waals surface area contributed by atoms with Crippen LogP contribution < -0.4 is 0 Å². The molecule has 0 aromatic heterocycles. The average molecular weight is 238 g/mol. The molecule has 0 radical (unpaired) electrons. The molecule has 0 aromatic rings. The van der Waals surface area contributed by atoms with Gasteiger partial charge in [-0.25, -0.2) is 0 Å². The summed E-state index contributed by atoms with van der Waals surface area (Å²) in [5, 5.41) is 10.1. The Morgan fingerprint density at radius 1 is 1.56 bits per heavy atom. The first-order chi connectivity index (χ1) is 7.20. The summed E-state index contributed by atoms with van der Waals surface area (Å²) in [5.74, 6) is 2.55. The van der Waals surface area contributed by atoms with Crippen LogP contribution in [0.15, 0.2) is 12.2 Å². The Kier molecular flexibility index (Phi) is 3.61. The predicted molar refractivity (Wildman–Crippen MR) is 65.4 cm³/mol. The molecule has 0 amide bonds. The number of hydrogen-bond acceptors (Lipinski definition) is 3. The van der Waals surface area contributed by atoms with Gasteiger partial charge in [0.05, 0.1) is 0 Å². The van der Waals surface area contributed by atoms with E-state index in [2.05, 4.69) is 31.1 Å². The molecule has 0 heterocycles. The standard InChI is InChI=1S/C12H18O3Si/c1-10(13)15-11-5-6-12(14,9-11)7-8-16(2,3)4/h5-6,11,14H,9H2,1-4H3/t11-,12-/m0/s1. The molecule has 1 rings (SSSR count). The largest absolute Gasteiger partial charge is 0.458 e. The highest BCUT2D eigenvalue weighted by molar-refractivity contribution is 6.83. The van der Waals surface area contributed by atoms with E-state index in [-0.39, 0.29) is 12.1 Å². The molecule has 2 atom stereocenters. The van der Waals surface area contributed by atoms with Crippen molar-refractivity contribution in [2.75, 3.05) is 0 Å². The summed E-state index contributed by atoms with van der Waals surface area (Å²) in [6.07, 6.45) is 3.30. The van der Waals surface area contributed by atoms with Crippen molar-refractivity contribution >= 4 is 14.0 Å². The summed E-state index contributed by atoms with van der Waals surface area (Å²) >= 11 is 0. The van der Waals surface area contributed by atoms with Crippen molar-refractivity contribution in [2.45, 2.75) is 44.7 Å². The van der Waals surface area contributed by atoms with Crippen molar-refractivity contribution in [3.63, 3.8) is 0 Å². The lowest BCUT2D eigenvalue weighted by Crippen LogP contribution is -2.27. The first-order valence-corrected chi connectivity index (χ1v) is 8.83. The topological polar surface area (TPSA) is 46.5 Å². The van der Waals surface area contributed by atoms with E-state index >= 15 is 0 Å². The van der Waals surface area contributed by atoms with E-state index in [4.69, 9.17) is 4.74 Å². The first kappa shape index (κ1) is 13.0. The van der Waals surface area contributed by atoms with Crippen molar-refractivity contribution < 1.29 is 14.6 Å². The van der Waals surface area contributed by atoms with Crippen LogP contribution in [-0.2, 0) is 9.53 Å². The monoisotopic (exact) mass is 238 g/mol. The number of esters is 1.